The molecule has 6 nitrogen and oxygen atoms in total. The third-order valence-electron chi connectivity index (χ3n) is 3.03. The quantitative estimate of drug-likeness (QED) is 0.716. The van der Waals surface area contributed by atoms with Crippen LogP contribution in [0.25, 0.3) is 0 Å². The monoisotopic (exact) mass is 279 g/mol. The van der Waals surface area contributed by atoms with Crippen LogP contribution in [-0.4, -0.2) is 43.5 Å². The number of rotatable bonds is 7. The van der Waals surface area contributed by atoms with E-state index in [1.54, 1.807) is 0 Å². The molecule has 1 heterocycles. The van der Waals surface area contributed by atoms with E-state index >= 15 is 0 Å². The Morgan fingerprint density at radius 1 is 1.56 bits per heavy atom. The summed E-state index contributed by atoms with van der Waals surface area (Å²) in [5.41, 5.74) is -1.44. The molecule has 0 aliphatic carbocycles. The third-order valence-corrected chi connectivity index (χ3v) is 4.60. The van der Waals surface area contributed by atoms with Gasteiger partial charge >= 0.3 is 5.97 Å². The fourth-order valence-electron chi connectivity index (χ4n) is 2.11. The van der Waals surface area contributed by atoms with E-state index in [0.717, 1.165) is 6.42 Å². The summed E-state index contributed by atoms with van der Waals surface area (Å²) in [6, 6.07) is 0. The van der Waals surface area contributed by atoms with Gasteiger partial charge in [0.2, 0.25) is 10.0 Å². The van der Waals surface area contributed by atoms with Crippen molar-refractivity contribution in [2.24, 2.45) is 0 Å². The normalized spacial score (nSPS) is 23.8. The minimum Gasteiger partial charge on any atom is -0.480 e. The summed E-state index contributed by atoms with van der Waals surface area (Å²) < 4.78 is 31.4. The third kappa shape index (κ3) is 4.22. The molecule has 2 atom stereocenters. The highest BCUT2D eigenvalue weighted by Gasteiger charge is 2.37. The Labute approximate surface area is 108 Å². The molecule has 0 saturated carbocycles. The van der Waals surface area contributed by atoms with Crippen molar-refractivity contribution in [1.82, 2.24) is 4.72 Å². The predicted molar refractivity (Wildman–Crippen MR) is 66.8 cm³/mol. The first-order valence-electron chi connectivity index (χ1n) is 6.16. The SMILES string of the molecule is CCCC(C)(NS(=O)(=O)CC1CCCO1)C(=O)O. The molecule has 0 aromatic rings. The Bertz CT molecular complexity index is 388. The maximum Gasteiger partial charge on any atom is 0.324 e. The van der Waals surface area contributed by atoms with Gasteiger partial charge in [-0.15, -0.1) is 0 Å². The molecule has 1 aliphatic rings. The number of hydrogen-bond acceptors (Lipinski definition) is 4. The smallest absolute Gasteiger partial charge is 0.324 e. The molecule has 2 N–H and O–H groups in total. The van der Waals surface area contributed by atoms with Crippen LogP contribution in [0.5, 0.6) is 0 Å². The average molecular weight is 279 g/mol. The number of hydrogen-bond donors (Lipinski definition) is 2. The van der Waals surface area contributed by atoms with Crippen molar-refractivity contribution in [3.63, 3.8) is 0 Å². The van der Waals surface area contributed by atoms with E-state index < -0.39 is 21.5 Å². The van der Waals surface area contributed by atoms with Crippen molar-refractivity contribution in [2.45, 2.75) is 51.2 Å². The lowest BCUT2D eigenvalue weighted by molar-refractivity contribution is -0.143. The van der Waals surface area contributed by atoms with Crippen LogP contribution >= 0.6 is 0 Å². The van der Waals surface area contributed by atoms with E-state index in [1.165, 1.54) is 6.92 Å². The van der Waals surface area contributed by atoms with Crippen LogP contribution in [0.15, 0.2) is 0 Å². The highest BCUT2D eigenvalue weighted by atomic mass is 32.2. The first kappa shape index (κ1) is 15.4. The zero-order valence-electron chi connectivity index (χ0n) is 10.8. The lowest BCUT2D eigenvalue weighted by Crippen LogP contribution is -2.53. The van der Waals surface area contributed by atoms with Gasteiger partial charge in [0.1, 0.15) is 5.54 Å². The molecule has 0 aromatic carbocycles. The molecule has 18 heavy (non-hydrogen) atoms. The number of carboxylic acid groups (broad SMARTS) is 1. The number of carboxylic acids is 1. The molecular weight excluding hydrogens is 258 g/mol. The van der Waals surface area contributed by atoms with E-state index in [2.05, 4.69) is 4.72 Å². The second kappa shape index (κ2) is 5.99. The largest absolute Gasteiger partial charge is 0.480 e. The molecule has 2 unspecified atom stereocenters. The summed E-state index contributed by atoms with van der Waals surface area (Å²) in [5, 5.41) is 9.13. The molecule has 0 amide bonds. The van der Waals surface area contributed by atoms with Gasteiger partial charge in [0, 0.05) is 6.61 Å². The Hall–Kier alpha value is -0.660. The van der Waals surface area contributed by atoms with Crippen molar-refractivity contribution in [1.29, 1.82) is 0 Å². The molecule has 0 spiro atoms. The van der Waals surface area contributed by atoms with Gasteiger partial charge in [-0.1, -0.05) is 13.3 Å². The van der Waals surface area contributed by atoms with Gasteiger partial charge in [0.25, 0.3) is 0 Å². The number of nitrogens with one attached hydrogen (secondary N) is 1. The maximum atomic E-state index is 11.9. The molecule has 1 rings (SSSR count). The molecule has 7 heteroatoms. The van der Waals surface area contributed by atoms with Gasteiger partial charge in [0.15, 0.2) is 0 Å². The Morgan fingerprint density at radius 2 is 2.22 bits per heavy atom. The summed E-state index contributed by atoms with van der Waals surface area (Å²) in [6.07, 6.45) is 2.09. The van der Waals surface area contributed by atoms with Crippen molar-refractivity contribution < 1.29 is 23.1 Å². The Kier molecular flexibility index (Phi) is 5.12. The van der Waals surface area contributed by atoms with E-state index in [1.807, 2.05) is 6.92 Å². The van der Waals surface area contributed by atoms with Crippen molar-refractivity contribution in [2.75, 3.05) is 12.4 Å². The molecular formula is C11H21NO5S. The molecule has 1 aliphatic heterocycles. The van der Waals surface area contributed by atoms with E-state index in [-0.39, 0.29) is 18.3 Å². The van der Waals surface area contributed by atoms with E-state index in [0.29, 0.717) is 19.4 Å². The van der Waals surface area contributed by atoms with Crippen LogP contribution in [0.3, 0.4) is 0 Å². The van der Waals surface area contributed by atoms with Crippen molar-refractivity contribution >= 4 is 16.0 Å². The highest BCUT2D eigenvalue weighted by molar-refractivity contribution is 7.89. The molecule has 1 fully saturated rings. The average Bonchev–Trinajstić information content (AvgIpc) is 2.68. The molecule has 1 saturated heterocycles. The van der Waals surface area contributed by atoms with Crippen LogP contribution in [0.2, 0.25) is 0 Å². The highest BCUT2D eigenvalue weighted by Crippen LogP contribution is 2.17. The summed E-state index contributed by atoms with van der Waals surface area (Å²) in [5.74, 6) is -1.32. The fourth-order valence-corrected chi connectivity index (χ4v) is 3.82. The molecule has 0 aromatic heterocycles. The number of aliphatic carboxylic acids is 1. The van der Waals surface area contributed by atoms with Gasteiger partial charge in [-0.3, -0.25) is 4.79 Å². The van der Waals surface area contributed by atoms with Gasteiger partial charge < -0.3 is 9.84 Å². The Balaban J connectivity index is 2.69. The summed E-state index contributed by atoms with van der Waals surface area (Å²) in [6.45, 7) is 3.78. The van der Waals surface area contributed by atoms with E-state index in [9.17, 15) is 13.2 Å². The minimum absolute atomic E-state index is 0.167. The second-order valence-electron chi connectivity index (χ2n) is 4.91. The standard InChI is InChI=1S/C11H21NO5S/c1-3-6-11(2,10(13)14)12-18(15,16)8-9-5-4-7-17-9/h9,12H,3-8H2,1-2H3,(H,13,14). The minimum atomic E-state index is -3.65. The molecule has 0 radical (unpaired) electrons. The molecule has 106 valence electrons. The topological polar surface area (TPSA) is 92.7 Å². The van der Waals surface area contributed by atoms with Crippen LogP contribution in [0, 0.1) is 0 Å². The first-order chi connectivity index (χ1) is 8.29. The van der Waals surface area contributed by atoms with Crippen molar-refractivity contribution in [3.8, 4) is 0 Å². The number of sulfonamides is 1. The van der Waals surface area contributed by atoms with Crippen LogP contribution in [0.1, 0.15) is 39.5 Å². The van der Waals surface area contributed by atoms with Gasteiger partial charge in [0.05, 0.1) is 11.9 Å². The number of carbonyl (C=O) groups is 1. The van der Waals surface area contributed by atoms with E-state index in [4.69, 9.17) is 9.84 Å². The van der Waals surface area contributed by atoms with Crippen LogP contribution < -0.4 is 4.72 Å². The first-order valence-corrected chi connectivity index (χ1v) is 7.81. The maximum absolute atomic E-state index is 11.9. The zero-order valence-corrected chi connectivity index (χ0v) is 11.6. The number of ether oxygens (including phenoxy) is 1. The lowest BCUT2D eigenvalue weighted by atomic mass is 9.98. The summed E-state index contributed by atoms with van der Waals surface area (Å²) in [7, 11) is -3.65. The summed E-state index contributed by atoms with van der Waals surface area (Å²) in [4.78, 5) is 11.2. The fraction of sp³-hybridized carbons (Fsp3) is 0.909. The second-order valence-corrected chi connectivity index (χ2v) is 6.67. The lowest BCUT2D eigenvalue weighted by Gasteiger charge is -2.26. The predicted octanol–water partition coefficient (Wildman–Crippen LogP) is 0.728. The van der Waals surface area contributed by atoms with Gasteiger partial charge in [-0.2, -0.15) is 4.72 Å². The van der Waals surface area contributed by atoms with Gasteiger partial charge in [-0.05, 0) is 26.2 Å². The van der Waals surface area contributed by atoms with Crippen LogP contribution in [-0.2, 0) is 19.6 Å². The molecule has 0 bridgehead atoms. The van der Waals surface area contributed by atoms with Gasteiger partial charge in [-0.25, -0.2) is 8.42 Å². The van der Waals surface area contributed by atoms with Crippen molar-refractivity contribution in [3.05, 3.63) is 0 Å². The Morgan fingerprint density at radius 3 is 2.67 bits per heavy atom. The van der Waals surface area contributed by atoms with Crippen LogP contribution in [0.4, 0.5) is 0 Å². The zero-order chi connectivity index (χ0) is 13.8. The summed E-state index contributed by atoms with van der Waals surface area (Å²) >= 11 is 0.